The van der Waals surface area contributed by atoms with E-state index in [0.29, 0.717) is 23.3 Å². The highest BCUT2D eigenvalue weighted by Gasteiger charge is 2.22. The number of hydrogen-bond donors (Lipinski definition) is 2. The molecule has 0 aliphatic rings. The molecule has 2 aromatic carbocycles. The quantitative estimate of drug-likeness (QED) is 0.552. The lowest BCUT2D eigenvalue weighted by Gasteiger charge is -2.16. The summed E-state index contributed by atoms with van der Waals surface area (Å²) in [5.74, 6) is 5.36. The molecule has 0 saturated heterocycles. The average molecular weight is 431 g/mol. The van der Waals surface area contributed by atoms with Gasteiger partial charge in [0.05, 0.1) is 0 Å². The molecule has 1 unspecified atom stereocenters. The molecule has 31 heavy (non-hydrogen) atoms. The molecule has 3 rings (SSSR count). The van der Waals surface area contributed by atoms with E-state index in [4.69, 9.17) is 0 Å². The molecule has 2 N–H and O–H groups in total. The number of benzene rings is 2. The molecule has 1 aromatic heterocycles. The molecular formula is C25H22N2O3S. The number of thioether (sulfide) groups is 1. The molecule has 156 valence electrons. The van der Waals surface area contributed by atoms with Gasteiger partial charge in [0.25, 0.3) is 5.91 Å². The summed E-state index contributed by atoms with van der Waals surface area (Å²) in [5.41, 5.74) is 3.51. The van der Waals surface area contributed by atoms with Gasteiger partial charge >= 0.3 is 5.97 Å². The third-order valence-corrected chi connectivity index (χ3v) is 5.22. The number of carboxylic acid groups (broad SMARTS) is 1. The number of hydrogen-bond acceptors (Lipinski definition) is 4. The minimum Gasteiger partial charge on any atom is -0.480 e. The Labute approximate surface area is 185 Å². The van der Waals surface area contributed by atoms with Crippen LogP contribution in [0.15, 0.2) is 73.1 Å². The number of carboxylic acids is 1. The summed E-state index contributed by atoms with van der Waals surface area (Å²) in [6.07, 6.45) is 5.64. The van der Waals surface area contributed by atoms with Gasteiger partial charge in [0.15, 0.2) is 0 Å². The van der Waals surface area contributed by atoms with E-state index in [1.807, 2.05) is 54.8 Å². The van der Waals surface area contributed by atoms with Crippen LogP contribution in [-0.4, -0.2) is 40.0 Å². The molecule has 3 aromatic rings. The van der Waals surface area contributed by atoms with Crippen molar-refractivity contribution in [2.24, 2.45) is 0 Å². The number of aromatic nitrogens is 1. The first-order valence-corrected chi connectivity index (χ1v) is 11.1. The maximum absolute atomic E-state index is 13.0. The van der Waals surface area contributed by atoms with E-state index < -0.39 is 17.9 Å². The van der Waals surface area contributed by atoms with Crippen molar-refractivity contribution in [3.8, 4) is 23.0 Å². The molecule has 0 aliphatic carbocycles. The topological polar surface area (TPSA) is 79.3 Å². The van der Waals surface area contributed by atoms with Gasteiger partial charge in [-0.15, -0.1) is 0 Å². The van der Waals surface area contributed by atoms with Gasteiger partial charge in [-0.3, -0.25) is 9.78 Å². The SMILES string of the molecule is CSCCC(NC(=O)c1ccc(C#Cc2cccnc2)cc1-c1ccccc1)C(=O)O. The predicted molar refractivity (Wildman–Crippen MR) is 124 cm³/mol. The number of carbonyl (C=O) groups is 2. The third kappa shape index (κ3) is 6.21. The van der Waals surface area contributed by atoms with Crippen LogP contribution in [0.1, 0.15) is 27.9 Å². The normalized spacial score (nSPS) is 11.1. The highest BCUT2D eigenvalue weighted by molar-refractivity contribution is 7.98. The van der Waals surface area contributed by atoms with E-state index in [-0.39, 0.29) is 0 Å². The minimum absolute atomic E-state index is 0.359. The van der Waals surface area contributed by atoms with Crippen molar-refractivity contribution in [2.75, 3.05) is 12.0 Å². The Morgan fingerprint density at radius 3 is 2.52 bits per heavy atom. The molecule has 1 heterocycles. The van der Waals surface area contributed by atoms with Crippen LogP contribution in [0, 0.1) is 11.8 Å². The van der Waals surface area contributed by atoms with E-state index in [9.17, 15) is 14.7 Å². The second-order valence-corrected chi connectivity index (χ2v) is 7.75. The summed E-state index contributed by atoms with van der Waals surface area (Å²) in [6.45, 7) is 0. The van der Waals surface area contributed by atoms with Crippen LogP contribution in [0.3, 0.4) is 0 Å². The largest absolute Gasteiger partial charge is 0.480 e. The highest BCUT2D eigenvalue weighted by Crippen LogP contribution is 2.25. The molecule has 0 bridgehead atoms. The van der Waals surface area contributed by atoms with E-state index in [1.165, 1.54) is 0 Å². The fourth-order valence-electron chi connectivity index (χ4n) is 2.99. The fraction of sp³-hybridized carbons (Fsp3) is 0.160. The van der Waals surface area contributed by atoms with Gasteiger partial charge < -0.3 is 10.4 Å². The van der Waals surface area contributed by atoms with Crippen LogP contribution in [0.2, 0.25) is 0 Å². The van der Waals surface area contributed by atoms with Crippen molar-refractivity contribution >= 4 is 23.6 Å². The van der Waals surface area contributed by atoms with Gasteiger partial charge in [0.2, 0.25) is 0 Å². The van der Waals surface area contributed by atoms with Gasteiger partial charge in [0.1, 0.15) is 6.04 Å². The van der Waals surface area contributed by atoms with Crippen molar-refractivity contribution in [3.05, 3.63) is 89.7 Å². The van der Waals surface area contributed by atoms with Crippen LogP contribution in [0.5, 0.6) is 0 Å². The lowest BCUT2D eigenvalue weighted by molar-refractivity contribution is -0.139. The van der Waals surface area contributed by atoms with E-state index in [0.717, 1.165) is 16.7 Å². The lowest BCUT2D eigenvalue weighted by Crippen LogP contribution is -2.41. The first kappa shape index (κ1) is 22.1. The van der Waals surface area contributed by atoms with Crippen LogP contribution in [0.25, 0.3) is 11.1 Å². The Kier molecular flexibility index (Phi) is 7.85. The molecule has 0 saturated carbocycles. The number of rotatable bonds is 7. The monoisotopic (exact) mass is 430 g/mol. The van der Waals surface area contributed by atoms with Crippen molar-refractivity contribution in [1.82, 2.24) is 10.3 Å². The Morgan fingerprint density at radius 1 is 1.06 bits per heavy atom. The Morgan fingerprint density at radius 2 is 1.84 bits per heavy atom. The van der Waals surface area contributed by atoms with Crippen molar-refractivity contribution in [3.63, 3.8) is 0 Å². The summed E-state index contributed by atoms with van der Waals surface area (Å²) in [4.78, 5) is 28.6. The number of aliphatic carboxylic acids is 1. The second kappa shape index (κ2) is 11.0. The Bertz CT molecular complexity index is 1110. The van der Waals surface area contributed by atoms with Crippen LogP contribution in [0.4, 0.5) is 0 Å². The zero-order chi connectivity index (χ0) is 22.1. The summed E-state index contributed by atoms with van der Waals surface area (Å²) < 4.78 is 0. The van der Waals surface area contributed by atoms with Gasteiger partial charge in [-0.05, 0) is 59.9 Å². The Hall–Kier alpha value is -3.56. The summed E-state index contributed by atoms with van der Waals surface area (Å²) in [7, 11) is 0. The average Bonchev–Trinajstić information content (AvgIpc) is 2.81. The molecular weight excluding hydrogens is 408 g/mol. The number of pyridine rings is 1. The van der Waals surface area contributed by atoms with E-state index >= 15 is 0 Å². The maximum Gasteiger partial charge on any atom is 0.326 e. The molecule has 0 fully saturated rings. The van der Waals surface area contributed by atoms with Crippen LogP contribution < -0.4 is 5.32 Å². The van der Waals surface area contributed by atoms with Gasteiger partial charge in [-0.25, -0.2) is 4.79 Å². The molecule has 0 radical (unpaired) electrons. The van der Waals surface area contributed by atoms with Gasteiger partial charge in [-0.2, -0.15) is 11.8 Å². The van der Waals surface area contributed by atoms with Crippen molar-refractivity contribution in [1.29, 1.82) is 0 Å². The smallest absolute Gasteiger partial charge is 0.326 e. The molecule has 1 atom stereocenters. The van der Waals surface area contributed by atoms with Crippen LogP contribution >= 0.6 is 11.8 Å². The summed E-state index contributed by atoms with van der Waals surface area (Å²) in [5, 5.41) is 12.1. The zero-order valence-corrected chi connectivity index (χ0v) is 17.9. The predicted octanol–water partition coefficient (Wildman–Crippen LogP) is 4.08. The maximum atomic E-state index is 13.0. The van der Waals surface area contributed by atoms with Gasteiger partial charge in [0, 0.05) is 29.1 Å². The summed E-state index contributed by atoms with van der Waals surface area (Å²) in [6, 6.07) is 17.6. The summed E-state index contributed by atoms with van der Waals surface area (Å²) >= 11 is 1.54. The molecule has 0 spiro atoms. The van der Waals surface area contributed by atoms with Crippen molar-refractivity contribution in [2.45, 2.75) is 12.5 Å². The fourth-order valence-corrected chi connectivity index (χ4v) is 3.46. The molecule has 1 amide bonds. The molecule has 0 aliphatic heterocycles. The third-order valence-electron chi connectivity index (χ3n) is 4.58. The standard InChI is InChI=1S/C25H22N2O3S/c1-31-15-13-23(25(29)30)27-24(28)21-12-11-18(9-10-19-6-5-14-26-17-19)16-22(21)20-7-3-2-4-8-20/h2-8,11-12,14,16-17,23H,13,15H2,1H3,(H,27,28)(H,29,30). The van der Waals surface area contributed by atoms with E-state index in [1.54, 1.807) is 36.3 Å². The minimum atomic E-state index is -1.04. The van der Waals surface area contributed by atoms with Crippen LogP contribution in [-0.2, 0) is 4.79 Å². The molecule has 6 heteroatoms. The van der Waals surface area contributed by atoms with Gasteiger partial charge in [-0.1, -0.05) is 42.2 Å². The number of amides is 1. The number of carbonyl (C=O) groups excluding carboxylic acids is 1. The van der Waals surface area contributed by atoms with Crippen molar-refractivity contribution < 1.29 is 14.7 Å². The molecule has 5 nitrogen and oxygen atoms in total. The lowest BCUT2D eigenvalue weighted by atomic mass is 9.96. The highest BCUT2D eigenvalue weighted by atomic mass is 32.2. The second-order valence-electron chi connectivity index (χ2n) is 6.76. The first-order valence-electron chi connectivity index (χ1n) is 9.72. The Balaban J connectivity index is 1.95. The first-order chi connectivity index (χ1) is 15.1. The van der Waals surface area contributed by atoms with E-state index in [2.05, 4.69) is 22.1 Å². The zero-order valence-electron chi connectivity index (χ0n) is 17.0. The number of nitrogens with one attached hydrogen (secondary N) is 1. The number of nitrogens with zero attached hydrogens (tertiary/aromatic N) is 1.